The number of hydrogen-bond donors (Lipinski definition) is 2. The molecule has 0 bridgehead atoms. The largest absolute Gasteiger partial charge is 0.271 e. The maximum Gasteiger partial charge on any atom is 0.0850 e. The van der Waals surface area contributed by atoms with Crippen LogP contribution in [0.5, 0.6) is 0 Å². The van der Waals surface area contributed by atoms with Crippen molar-refractivity contribution >= 4 is 11.6 Å². The molecule has 0 saturated carbocycles. The van der Waals surface area contributed by atoms with Gasteiger partial charge in [0.25, 0.3) is 0 Å². The van der Waals surface area contributed by atoms with Crippen LogP contribution in [0.1, 0.15) is 42.5 Å². The van der Waals surface area contributed by atoms with E-state index in [-0.39, 0.29) is 6.04 Å². The van der Waals surface area contributed by atoms with Crippen LogP contribution in [-0.4, -0.2) is 14.8 Å². The zero-order chi connectivity index (χ0) is 15.4. The van der Waals surface area contributed by atoms with Gasteiger partial charge in [0.05, 0.1) is 28.1 Å². The maximum absolute atomic E-state index is 6.42. The Balaban J connectivity index is 2.34. The number of hydrazine groups is 1. The molecule has 0 aliphatic rings. The van der Waals surface area contributed by atoms with E-state index in [2.05, 4.69) is 28.5 Å². The average molecular weight is 308 g/mol. The first-order valence-corrected chi connectivity index (χ1v) is 7.60. The van der Waals surface area contributed by atoms with Crippen molar-refractivity contribution in [3.8, 4) is 0 Å². The molecule has 5 nitrogen and oxygen atoms in total. The lowest BCUT2D eigenvalue weighted by atomic mass is 10.0. The zero-order valence-electron chi connectivity index (χ0n) is 12.7. The maximum atomic E-state index is 6.42. The predicted octanol–water partition coefficient (Wildman–Crippen LogP) is 2.34. The molecule has 2 heterocycles. The van der Waals surface area contributed by atoms with Crippen molar-refractivity contribution in [3.05, 3.63) is 46.0 Å². The van der Waals surface area contributed by atoms with Gasteiger partial charge in [-0.15, -0.1) is 0 Å². The van der Waals surface area contributed by atoms with Crippen LogP contribution in [0.4, 0.5) is 0 Å². The summed E-state index contributed by atoms with van der Waals surface area (Å²) in [6, 6.07) is 3.94. The van der Waals surface area contributed by atoms with Gasteiger partial charge < -0.3 is 0 Å². The lowest BCUT2D eigenvalue weighted by Crippen LogP contribution is -2.31. The zero-order valence-corrected chi connectivity index (χ0v) is 13.5. The first-order valence-electron chi connectivity index (χ1n) is 7.22. The number of nitrogens with two attached hydrogens (primary N) is 1. The summed E-state index contributed by atoms with van der Waals surface area (Å²) >= 11 is 6.42. The normalized spacial score (nSPS) is 12.6. The van der Waals surface area contributed by atoms with Crippen LogP contribution in [0.25, 0.3) is 0 Å². The topological polar surface area (TPSA) is 68.8 Å². The van der Waals surface area contributed by atoms with Crippen molar-refractivity contribution in [3.63, 3.8) is 0 Å². The summed E-state index contributed by atoms with van der Waals surface area (Å²) in [5.74, 6) is 5.75. The van der Waals surface area contributed by atoms with E-state index in [9.17, 15) is 0 Å². The second kappa shape index (κ2) is 7.02. The van der Waals surface area contributed by atoms with E-state index in [0.29, 0.717) is 6.42 Å². The number of pyridine rings is 1. The Labute approximate surface area is 130 Å². The summed E-state index contributed by atoms with van der Waals surface area (Å²) in [5.41, 5.74) is 6.91. The minimum Gasteiger partial charge on any atom is -0.271 e. The molecule has 0 spiro atoms. The lowest BCUT2D eigenvalue weighted by Gasteiger charge is -2.18. The summed E-state index contributed by atoms with van der Waals surface area (Å²) in [6.07, 6.45) is 4.18. The van der Waals surface area contributed by atoms with Crippen LogP contribution in [0.15, 0.2) is 18.3 Å². The van der Waals surface area contributed by atoms with E-state index in [1.807, 2.05) is 24.7 Å². The van der Waals surface area contributed by atoms with E-state index in [0.717, 1.165) is 34.9 Å². The van der Waals surface area contributed by atoms with Gasteiger partial charge in [-0.2, -0.15) is 5.10 Å². The molecule has 0 amide bonds. The van der Waals surface area contributed by atoms with Crippen molar-refractivity contribution in [2.45, 2.75) is 39.2 Å². The highest BCUT2D eigenvalue weighted by Crippen LogP contribution is 2.26. The predicted molar refractivity (Wildman–Crippen MR) is 85.0 cm³/mol. The molecule has 21 heavy (non-hydrogen) atoms. The number of hydrogen-bond acceptors (Lipinski definition) is 4. The molecule has 1 atom stereocenters. The summed E-state index contributed by atoms with van der Waals surface area (Å²) in [5, 5.41) is 5.18. The fraction of sp³-hybridized carbons (Fsp3) is 0.467. The summed E-state index contributed by atoms with van der Waals surface area (Å²) < 4.78 is 1.83. The van der Waals surface area contributed by atoms with Gasteiger partial charge in [0.15, 0.2) is 0 Å². The Morgan fingerprint density at radius 3 is 2.71 bits per heavy atom. The second-order valence-electron chi connectivity index (χ2n) is 5.01. The number of aryl methyl sites for hydroxylation is 3. The molecule has 114 valence electrons. The van der Waals surface area contributed by atoms with Crippen molar-refractivity contribution in [1.82, 2.24) is 20.2 Å². The van der Waals surface area contributed by atoms with E-state index < -0.39 is 0 Å². The molecule has 0 aliphatic carbocycles. The van der Waals surface area contributed by atoms with Gasteiger partial charge in [-0.25, -0.2) is 0 Å². The van der Waals surface area contributed by atoms with Gasteiger partial charge in [0.1, 0.15) is 0 Å². The molecule has 2 aromatic heterocycles. The molecular weight excluding hydrogens is 286 g/mol. The molecule has 1 unspecified atom stereocenters. The molecule has 2 rings (SSSR count). The van der Waals surface area contributed by atoms with Crippen LogP contribution >= 0.6 is 11.6 Å². The van der Waals surface area contributed by atoms with Crippen molar-refractivity contribution in [2.75, 3.05) is 0 Å². The van der Waals surface area contributed by atoms with Gasteiger partial charge in [-0.05, 0) is 24.5 Å². The highest BCUT2D eigenvalue weighted by Gasteiger charge is 2.21. The monoisotopic (exact) mass is 307 g/mol. The average Bonchev–Trinajstić information content (AvgIpc) is 2.79. The first-order chi connectivity index (χ1) is 10.1. The molecule has 2 aromatic rings. The van der Waals surface area contributed by atoms with Crippen molar-refractivity contribution in [1.29, 1.82) is 0 Å². The molecule has 0 aliphatic heterocycles. The second-order valence-corrected chi connectivity index (χ2v) is 5.39. The van der Waals surface area contributed by atoms with E-state index >= 15 is 0 Å². The number of rotatable bonds is 6. The molecule has 0 saturated heterocycles. The van der Waals surface area contributed by atoms with Gasteiger partial charge in [-0.1, -0.05) is 31.5 Å². The number of aromatic nitrogens is 3. The number of halogens is 1. The third-order valence-corrected chi connectivity index (χ3v) is 4.17. The standard InChI is InChI=1S/C15H22ClN5/c1-4-10-7-6-8-18-15(10)12(19-17)9-13-14(16)11(5-2)20-21(13)3/h6-8,12,19H,4-5,9,17H2,1-3H3. The van der Waals surface area contributed by atoms with Crippen LogP contribution in [-0.2, 0) is 26.3 Å². The lowest BCUT2D eigenvalue weighted by molar-refractivity contribution is 0.514. The first kappa shape index (κ1) is 15.9. The Kier molecular flexibility index (Phi) is 5.33. The fourth-order valence-corrected chi connectivity index (χ4v) is 2.90. The number of nitrogens with one attached hydrogen (secondary N) is 1. The van der Waals surface area contributed by atoms with Crippen LogP contribution in [0, 0.1) is 0 Å². The van der Waals surface area contributed by atoms with Crippen LogP contribution < -0.4 is 11.3 Å². The van der Waals surface area contributed by atoms with Crippen molar-refractivity contribution in [2.24, 2.45) is 12.9 Å². The highest BCUT2D eigenvalue weighted by atomic mass is 35.5. The van der Waals surface area contributed by atoms with Crippen molar-refractivity contribution < 1.29 is 0 Å². The molecular formula is C15H22ClN5. The Morgan fingerprint density at radius 1 is 1.38 bits per heavy atom. The number of nitrogens with zero attached hydrogens (tertiary/aromatic N) is 3. The van der Waals surface area contributed by atoms with Gasteiger partial charge >= 0.3 is 0 Å². The smallest absolute Gasteiger partial charge is 0.0850 e. The Hall–Kier alpha value is -1.43. The van der Waals surface area contributed by atoms with Crippen LogP contribution in [0.2, 0.25) is 5.02 Å². The molecule has 3 N–H and O–H groups in total. The Morgan fingerprint density at radius 2 is 2.14 bits per heavy atom. The third kappa shape index (κ3) is 3.26. The van der Waals surface area contributed by atoms with Gasteiger partial charge in [0.2, 0.25) is 0 Å². The summed E-state index contributed by atoms with van der Waals surface area (Å²) in [6.45, 7) is 4.16. The van der Waals surface area contributed by atoms with E-state index in [1.165, 1.54) is 5.56 Å². The highest BCUT2D eigenvalue weighted by molar-refractivity contribution is 6.31. The van der Waals surface area contributed by atoms with Gasteiger partial charge in [0, 0.05) is 19.7 Å². The molecule has 6 heteroatoms. The van der Waals surface area contributed by atoms with Gasteiger partial charge in [-0.3, -0.25) is 20.9 Å². The molecule has 0 radical (unpaired) electrons. The minimum absolute atomic E-state index is 0.0845. The molecule has 0 fully saturated rings. The third-order valence-electron chi connectivity index (χ3n) is 3.74. The van der Waals surface area contributed by atoms with E-state index in [1.54, 1.807) is 6.20 Å². The van der Waals surface area contributed by atoms with Crippen LogP contribution in [0.3, 0.4) is 0 Å². The fourth-order valence-electron chi connectivity index (χ4n) is 2.53. The minimum atomic E-state index is -0.0845. The molecule has 0 aromatic carbocycles. The summed E-state index contributed by atoms with van der Waals surface area (Å²) in [4.78, 5) is 4.49. The quantitative estimate of drug-likeness (QED) is 0.635. The summed E-state index contributed by atoms with van der Waals surface area (Å²) in [7, 11) is 1.91. The SMILES string of the molecule is CCc1cccnc1C(Cc1c(Cl)c(CC)nn1C)NN. The Bertz CT molecular complexity index is 608. The van der Waals surface area contributed by atoms with E-state index in [4.69, 9.17) is 17.4 Å².